The number of carboxylic acids is 2. The highest BCUT2D eigenvalue weighted by Gasteiger charge is 2.22. The number of hydrogen-bond donors (Lipinski definition) is 2. The summed E-state index contributed by atoms with van der Waals surface area (Å²) in [6, 6.07) is 1.45. The molecule has 0 amide bonds. The number of rotatable bonds is 6. The summed E-state index contributed by atoms with van der Waals surface area (Å²) in [6.45, 7) is 5.75. The van der Waals surface area contributed by atoms with Gasteiger partial charge < -0.3 is 10.2 Å². The van der Waals surface area contributed by atoms with Gasteiger partial charge in [-0.2, -0.15) is 0 Å². The van der Waals surface area contributed by atoms with Crippen molar-refractivity contribution in [3.8, 4) is 0 Å². The minimum atomic E-state index is -1.18. The van der Waals surface area contributed by atoms with Gasteiger partial charge in [-0.1, -0.05) is 19.8 Å². The van der Waals surface area contributed by atoms with Crippen molar-refractivity contribution in [2.75, 3.05) is 0 Å². The highest BCUT2D eigenvalue weighted by Crippen LogP contribution is 2.25. The average Bonchev–Trinajstić information content (AvgIpc) is 2.33. The molecule has 0 radical (unpaired) electrons. The smallest absolute Gasteiger partial charge is 0.336 e. The lowest BCUT2D eigenvalue weighted by Gasteiger charge is -2.15. The third-order valence-corrected chi connectivity index (χ3v) is 3.45. The van der Waals surface area contributed by atoms with E-state index in [-0.39, 0.29) is 11.1 Å². The van der Waals surface area contributed by atoms with Gasteiger partial charge in [-0.05, 0) is 49.4 Å². The summed E-state index contributed by atoms with van der Waals surface area (Å²) in [4.78, 5) is 22.6. The molecule has 0 unspecified atom stereocenters. The van der Waals surface area contributed by atoms with E-state index < -0.39 is 11.9 Å². The van der Waals surface area contributed by atoms with Crippen LogP contribution in [0.25, 0.3) is 0 Å². The summed E-state index contributed by atoms with van der Waals surface area (Å²) in [5.41, 5.74) is 2.22. The van der Waals surface area contributed by atoms with Gasteiger partial charge >= 0.3 is 11.9 Å². The Morgan fingerprint density at radius 2 is 1.74 bits per heavy atom. The lowest BCUT2D eigenvalue weighted by molar-refractivity contribution is 0.0650. The molecule has 1 rings (SSSR count). The number of aromatic carboxylic acids is 2. The highest BCUT2D eigenvalue weighted by molar-refractivity contribution is 6.03. The van der Waals surface area contributed by atoms with Crippen LogP contribution < -0.4 is 0 Å². The predicted molar refractivity (Wildman–Crippen MR) is 73.1 cm³/mol. The van der Waals surface area contributed by atoms with Crippen molar-refractivity contribution in [1.82, 2.24) is 0 Å². The molecule has 1 aromatic rings. The Kier molecular flexibility index (Phi) is 5.10. The fourth-order valence-corrected chi connectivity index (χ4v) is 2.26. The van der Waals surface area contributed by atoms with E-state index in [0.717, 1.165) is 30.4 Å². The van der Waals surface area contributed by atoms with Gasteiger partial charge in [0, 0.05) is 0 Å². The predicted octanol–water partition coefficient (Wildman–Crippen LogP) is 3.43. The van der Waals surface area contributed by atoms with Crippen LogP contribution in [0.5, 0.6) is 0 Å². The molecule has 1 aromatic carbocycles. The van der Waals surface area contributed by atoms with Crippen LogP contribution in [0, 0.1) is 13.8 Å². The van der Waals surface area contributed by atoms with E-state index >= 15 is 0 Å². The summed E-state index contributed by atoms with van der Waals surface area (Å²) >= 11 is 0. The van der Waals surface area contributed by atoms with Gasteiger partial charge in [0.1, 0.15) is 0 Å². The summed E-state index contributed by atoms with van der Waals surface area (Å²) in [7, 11) is 0. The summed E-state index contributed by atoms with van der Waals surface area (Å²) in [6.07, 6.45) is 3.54. The van der Waals surface area contributed by atoms with E-state index in [4.69, 9.17) is 5.11 Å². The second-order valence-electron chi connectivity index (χ2n) is 4.79. The van der Waals surface area contributed by atoms with E-state index in [2.05, 4.69) is 6.92 Å². The van der Waals surface area contributed by atoms with E-state index in [0.29, 0.717) is 12.0 Å². The lowest BCUT2D eigenvalue weighted by atomic mass is 9.89. The van der Waals surface area contributed by atoms with Crippen molar-refractivity contribution in [2.45, 2.75) is 46.5 Å². The van der Waals surface area contributed by atoms with Gasteiger partial charge in [0.25, 0.3) is 0 Å². The van der Waals surface area contributed by atoms with Crippen molar-refractivity contribution >= 4 is 11.9 Å². The second kappa shape index (κ2) is 6.36. The minimum absolute atomic E-state index is 0.0493. The zero-order valence-corrected chi connectivity index (χ0v) is 11.6. The maximum Gasteiger partial charge on any atom is 0.336 e. The van der Waals surface area contributed by atoms with Crippen molar-refractivity contribution in [1.29, 1.82) is 0 Å². The van der Waals surface area contributed by atoms with Crippen molar-refractivity contribution in [2.24, 2.45) is 0 Å². The number of aryl methyl sites for hydroxylation is 1. The molecule has 0 saturated carbocycles. The van der Waals surface area contributed by atoms with E-state index in [9.17, 15) is 14.7 Å². The maximum atomic E-state index is 11.4. The van der Waals surface area contributed by atoms with Crippen LogP contribution in [-0.4, -0.2) is 22.2 Å². The van der Waals surface area contributed by atoms with Gasteiger partial charge in [0.15, 0.2) is 0 Å². The zero-order valence-electron chi connectivity index (χ0n) is 11.6. The van der Waals surface area contributed by atoms with Crippen LogP contribution >= 0.6 is 0 Å². The molecule has 0 saturated heterocycles. The molecule has 4 nitrogen and oxygen atoms in total. The molecule has 2 N–H and O–H groups in total. The van der Waals surface area contributed by atoms with Gasteiger partial charge in [0.2, 0.25) is 0 Å². The molecule has 0 spiro atoms. The Balaban J connectivity index is 3.38. The fraction of sp³-hybridized carbons (Fsp3) is 0.467. The molecule has 0 aromatic heterocycles. The molecule has 4 heteroatoms. The van der Waals surface area contributed by atoms with Crippen LogP contribution in [-0.2, 0) is 6.42 Å². The van der Waals surface area contributed by atoms with Crippen molar-refractivity contribution < 1.29 is 19.8 Å². The molecule has 0 bridgehead atoms. The first-order chi connectivity index (χ1) is 8.90. The molecule has 0 aliphatic carbocycles. The summed E-state index contributed by atoms with van der Waals surface area (Å²) in [5, 5.41) is 18.5. The Morgan fingerprint density at radius 3 is 2.21 bits per heavy atom. The maximum absolute atomic E-state index is 11.4. The normalized spacial score (nSPS) is 10.5. The molecular weight excluding hydrogens is 244 g/mol. The third-order valence-electron chi connectivity index (χ3n) is 3.45. The Morgan fingerprint density at radius 1 is 1.11 bits per heavy atom. The first-order valence-corrected chi connectivity index (χ1v) is 6.49. The third kappa shape index (κ3) is 3.34. The molecule has 0 heterocycles. The van der Waals surface area contributed by atoms with Gasteiger partial charge in [0.05, 0.1) is 11.1 Å². The summed E-state index contributed by atoms with van der Waals surface area (Å²) < 4.78 is 0. The molecule has 0 aliphatic heterocycles. The minimum Gasteiger partial charge on any atom is -0.478 e. The van der Waals surface area contributed by atoms with Crippen LogP contribution in [0.3, 0.4) is 0 Å². The van der Waals surface area contributed by atoms with Crippen LogP contribution in [0.15, 0.2) is 6.07 Å². The van der Waals surface area contributed by atoms with Crippen LogP contribution in [0.2, 0.25) is 0 Å². The van der Waals surface area contributed by atoms with E-state index in [1.54, 1.807) is 0 Å². The first-order valence-electron chi connectivity index (χ1n) is 6.49. The number of carboxylic acid groups (broad SMARTS) is 2. The van der Waals surface area contributed by atoms with Gasteiger partial charge in [-0.3, -0.25) is 0 Å². The van der Waals surface area contributed by atoms with E-state index in [1.807, 2.05) is 13.8 Å². The summed E-state index contributed by atoms with van der Waals surface area (Å²) in [5.74, 6) is -2.34. The quantitative estimate of drug-likeness (QED) is 0.772. The number of benzene rings is 1. The molecule has 0 atom stereocenters. The standard InChI is InChI=1S/C15H20O4/c1-4-5-6-7-11-10(3)9(2)8-12(14(16)17)13(11)15(18)19/h8H,4-7H2,1-3H3,(H,16,17)(H,18,19). The molecule has 104 valence electrons. The number of carbonyl (C=O) groups is 2. The van der Waals surface area contributed by atoms with E-state index in [1.165, 1.54) is 6.07 Å². The van der Waals surface area contributed by atoms with Crippen LogP contribution in [0.4, 0.5) is 0 Å². The van der Waals surface area contributed by atoms with Crippen molar-refractivity contribution in [3.63, 3.8) is 0 Å². The Bertz CT molecular complexity index is 503. The topological polar surface area (TPSA) is 74.6 Å². The largest absolute Gasteiger partial charge is 0.478 e. The molecule has 0 fully saturated rings. The molecular formula is C15H20O4. The highest BCUT2D eigenvalue weighted by atomic mass is 16.4. The number of hydrogen-bond acceptors (Lipinski definition) is 2. The number of unbranched alkanes of at least 4 members (excludes halogenated alkanes) is 2. The fourth-order valence-electron chi connectivity index (χ4n) is 2.26. The Labute approximate surface area is 113 Å². The Hall–Kier alpha value is -1.84. The second-order valence-corrected chi connectivity index (χ2v) is 4.79. The molecule has 0 aliphatic rings. The van der Waals surface area contributed by atoms with Gasteiger partial charge in [-0.15, -0.1) is 0 Å². The van der Waals surface area contributed by atoms with Crippen molar-refractivity contribution in [3.05, 3.63) is 33.9 Å². The first kappa shape index (κ1) is 15.2. The van der Waals surface area contributed by atoms with Gasteiger partial charge in [-0.25, -0.2) is 9.59 Å². The average molecular weight is 264 g/mol. The lowest BCUT2D eigenvalue weighted by Crippen LogP contribution is -2.14. The molecule has 19 heavy (non-hydrogen) atoms. The SMILES string of the molecule is CCCCCc1c(C)c(C)cc(C(=O)O)c1C(=O)O. The monoisotopic (exact) mass is 264 g/mol. The zero-order chi connectivity index (χ0) is 14.6. The van der Waals surface area contributed by atoms with Crippen LogP contribution in [0.1, 0.15) is 63.6 Å².